The highest BCUT2D eigenvalue weighted by Gasteiger charge is 2.36. The van der Waals surface area contributed by atoms with E-state index in [9.17, 15) is 18.4 Å². The smallest absolute Gasteiger partial charge is 0.275 e. The summed E-state index contributed by atoms with van der Waals surface area (Å²) in [6.07, 6.45) is 0. The molecule has 29 heavy (non-hydrogen) atoms. The zero-order chi connectivity index (χ0) is 20.5. The number of nitrogens with one attached hydrogen (secondary N) is 1. The van der Waals surface area contributed by atoms with Crippen LogP contribution in [0.2, 0.25) is 0 Å². The Kier molecular flexibility index (Phi) is 4.84. The van der Waals surface area contributed by atoms with E-state index in [1.807, 2.05) is 0 Å². The number of carbonyl (C=O) groups excluding carboxylic acids is 2. The summed E-state index contributed by atoms with van der Waals surface area (Å²) in [5.41, 5.74) is 1.42. The largest absolute Gasteiger partial charge is 0.352 e. The number of benzene rings is 2. The predicted molar refractivity (Wildman–Crippen MR) is 101 cm³/mol. The molecule has 1 unspecified atom stereocenters. The molecule has 0 aliphatic carbocycles. The van der Waals surface area contributed by atoms with Crippen LogP contribution in [0.15, 0.2) is 54.6 Å². The molecule has 4 rings (SSSR count). The molecule has 8 heteroatoms. The van der Waals surface area contributed by atoms with Crippen LogP contribution in [-0.4, -0.2) is 39.6 Å². The summed E-state index contributed by atoms with van der Waals surface area (Å²) >= 11 is 0. The topological polar surface area (TPSA) is 67.2 Å². The molecule has 1 aliphatic rings. The Labute approximate surface area is 165 Å². The summed E-state index contributed by atoms with van der Waals surface area (Å²) in [5, 5.41) is 7.01. The van der Waals surface area contributed by atoms with Gasteiger partial charge in [-0.1, -0.05) is 24.3 Å². The molecule has 2 amide bonds. The number of hydrogen-bond acceptors (Lipinski definition) is 3. The number of aromatic nitrogens is 2. The van der Waals surface area contributed by atoms with Crippen molar-refractivity contribution >= 4 is 11.8 Å². The monoisotopic (exact) mass is 396 g/mol. The average molecular weight is 396 g/mol. The van der Waals surface area contributed by atoms with Gasteiger partial charge in [0.05, 0.1) is 0 Å². The van der Waals surface area contributed by atoms with Crippen LogP contribution < -0.4 is 5.32 Å². The molecule has 2 aromatic carbocycles. The zero-order valence-corrected chi connectivity index (χ0v) is 15.6. The highest BCUT2D eigenvalue weighted by atomic mass is 19.1. The van der Waals surface area contributed by atoms with Gasteiger partial charge in [0, 0.05) is 18.8 Å². The number of aryl methyl sites for hydroxylation is 1. The molecule has 148 valence electrons. The maximum Gasteiger partial charge on any atom is 0.275 e. The van der Waals surface area contributed by atoms with Crippen molar-refractivity contribution in [2.24, 2.45) is 0 Å². The van der Waals surface area contributed by atoms with E-state index in [1.165, 1.54) is 39.9 Å². The van der Waals surface area contributed by atoms with Gasteiger partial charge in [-0.3, -0.25) is 9.59 Å². The maximum atomic E-state index is 14.1. The standard InChI is InChI=1S/C21H18F2N4O2/c1-13-12-17(25-27(13)18-5-3-2-4-16(18)23)21(29)26-11-10-24-20(28)19(26)14-6-8-15(22)9-7-14/h2-9,12,19H,10-11H2,1H3,(H,24,28). The van der Waals surface area contributed by atoms with Gasteiger partial charge >= 0.3 is 0 Å². The first-order valence-corrected chi connectivity index (χ1v) is 9.11. The molecule has 2 heterocycles. The number of halogens is 2. The highest BCUT2D eigenvalue weighted by molar-refractivity contribution is 5.97. The van der Waals surface area contributed by atoms with E-state index in [2.05, 4.69) is 10.4 Å². The first-order chi connectivity index (χ1) is 14.0. The van der Waals surface area contributed by atoms with Crippen molar-refractivity contribution in [3.8, 4) is 5.69 Å². The lowest BCUT2D eigenvalue weighted by Gasteiger charge is -2.34. The van der Waals surface area contributed by atoms with Gasteiger partial charge in [0.2, 0.25) is 5.91 Å². The van der Waals surface area contributed by atoms with E-state index in [1.54, 1.807) is 31.2 Å². The molecular formula is C21H18F2N4O2. The Hall–Kier alpha value is -3.55. The van der Waals surface area contributed by atoms with Gasteiger partial charge in [-0.25, -0.2) is 13.5 Å². The number of amides is 2. The Balaban J connectivity index is 1.69. The first kappa shape index (κ1) is 18.8. The van der Waals surface area contributed by atoms with Crippen LogP contribution >= 0.6 is 0 Å². The van der Waals surface area contributed by atoms with Crippen molar-refractivity contribution in [2.45, 2.75) is 13.0 Å². The molecule has 1 N–H and O–H groups in total. The van der Waals surface area contributed by atoms with E-state index in [-0.39, 0.29) is 23.8 Å². The molecule has 1 atom stereocenters. The molecule has 3 aromatic rings. The quantitative estimate of drug-likeness (QED) is 0.740. The van der Waals surface area contributed by atoms with Crippen LogP contribution in [0.1, 0.15) is 27.8 Å². The number of nitrogens with zero attached hydrogens (tertiary/aromatic N) is 3. The van der Waals surface area contributed by atoms with Crippen LogP contribution in [0, 0.1) is 18.6 Å². The van der Waals surface area contributed by atoms with E-state index in [0.29, 0.717) is 17.8 Å². The fourth-order valence-electron chi connectivity index (χ4n) is 3.46. The fraction of sp³-hybridized carbons (Fsp3) is 0.190. The normalized spacial score (nSPS) is 16.6. The van der Waals surface area contributed by atoms with Crippen LogP contribution in [0.5, 0.6) is 0 Å². The molecular weight excluding hydrogens is 378 g/mol. The summed E-state index contributed by atoms with van der Waals surface area (Å²) in [4.78, 5) is 27.1. The molecule has 0 radical (unpaired) electrons. The predicted octanol–water partition coefficient (Wildman–Crippen LogP) is 2.77. The van der Waals surface area contributed by atoms with E-state index in [4.69, 9.17) is 0 Å². The average Bonchev–Trinajstić information content (AvgIpc) is 3.10. The van der Waals surface area contributed by atoms with Crippen molar-refractivity contribution in [3.63, 3.8) is 0 Å². The SMILES string of the molecule is Cc1cc(C(=O)N2CCNC(=O)C2c2ccc(F)cc2)nn1-c1ccccc1F. The third kappa shape index (κ3) is 3.49. The first-order valence-electron chi connectivity index (χ1n) is 9.11. The minimum atomic E-state index is -0.893. The maximum absolute atomic E-state index is 14.1. The molecule has 1 aromatic heterocycles. The van der Waals surface area contributed by atoms with Gasteiger partial charge in [0.25, 0.3) is 5.91 Å². The summed E-state index contributed by atoms with van der Waals surface area (Å²) in [5.74, 6) is -1.69. The summed E-state index contributed by atoms with van der Waals surface area (Å²) in [6.45, 7) is 2.30. The van der Waals surface area contributed by atoms with E-state index in [0.717, 1.165) is 0 Å². The zero-order valence-electron chi connectivity index (χ0n) is 15.6. The molecule has 1 fully saturated rings. The lowest BCUT2D eigenvalue weighted by atomic mass is 10.0. The minimum Gasteiger partial charge on any atom is -0.352 e. The van der Waals surface area contributed by atoms with E-state index >= 15 is 0 Å². The van der Waals surface area contributed by atoms with Gasteiger partial charge in [-0.15, -0.1) is 0 Å². The highest BCUT2D eigenvalue weighted by Crippen LogP contribution is 2.26. The fourth-order valence-corrected chi connectivity index (χ4v) is 3.46. The van der Waals surface area contributed by atoms with Gasteiger partial charge in [-0.2, -0.15) is 5.10 Å². The molecule has 0 bridgehead atoms. The molecule has 0 spiro atoms. The van der Waals surface area contributed by atoms with Crippen molar-refractivity contribution in [2.75, 3.05) is 13.1 Å². The number of para-hydroxylation sites is 1. The van der Waals surface area contributed by atoms with Gasteiger partial charge in [0.15, 0.2) is 5.69 Å². The lowest BCUT2D eigenvalue weighted by Crippen LogP contribution is -2.52. The molecule has 1 aliphatic heterocycles. The van der Waals surface area contributed by atoms with E-state index < -0.39 is 23.6 Å². The Morgan fingerprint density at radius 3 is 2.59 bits per heavy atom. The number of piperazine rings is 1. The summed E-state index contributed by atoms with van der Waals surface area (Å²) in [6, 6.07) is 12.3. The Morgan fingerprint density at radius 2 is 1.86 bits per heavy atom. The number of carbonyl (C=O) groups is 2. The lowest BCUT2D eigenvalue weighted by molar-refractivity contribution is -0.128. The van der Waals surface area contributed by atoms with Crippen LogP contribution in [-0.2, 0) is 4.79 Å². The van der Waals surface area contributed by atoms with Crippen LogP contribution in [0.25, 0.3) is 5.69 Å². The van der Waals surface area contributed by atoms with Gasteiger partial charge in [-0.05, 0) is 42.8 Å². The Bertz CT molecular complexity index is 1080. The van der Waals surface area contributed by atoms with Gasteiger partial charge in [0.1, 0.15) is 23.4 Å². The number of rotatable bonds is 3. The summed E-state index contributed by atoms with van der Waals surface area (Å²) < 4.78 is 28.8. The second kappa shape index (κ2) is 7.46. The van der Waals surface area contributed by atoms with Crippen molar-refractivity contribution < 1.29 is 18.4 Å². The molecule has 6 nitrogen and oxygen atoms in total. The third-order valence-corrected chi connectivity index (χ3v) is 4.85. The third-order valence-electron chi connectivity index (χ3n) is 4.85. The van der Waals surface area contributed by atoms with Crippen molar-refractivity contribution in [1.82, 2.24) is 20.0 Å². The Morgan fingerprint density at radius 1 is 1.14 bits per heavy atom. The number of hydrogen-bond donors (Lipinski definition) is 1. The second-order valence-corrected chi connectivity index (χ2v) is 6.78. The molecule has 1 saturated heterocycles. The second-order valence-electron chi connectivity index (χ2n) is 6.78. The molecule has 0 saturated carbocycles. The van der Waals surface area contributed by atoms with Crippen LogP contribution in [0.3, 0.4) is 0 Å². The van der Waals surface area contributed by atoms with Crippen LogP contribution in [0.4, 0.5) is 8.78 Å². The van der Waals surface area contributed by atoms with Crippen molar-refractivity contribution in [1.29, 1.82) is 0 Å². The summed E-state index contributed by atoms with van der Waals surface area (Å²) in [7, 11) is 0. The van der Waals surface area contributed by atoms with Crippen molar-refractivity contribution in [3.05, 3.63) is 83.2 Å². The minimum absolute atomic E-state index is 0.104. The van der Waals surface area contributed by atoms with Gasteiger partial charge < -0.3 is 10.2 Å².